The predicted octanol–water partition coefficient (Wildman–Crippen LogP) is 2.07. The summed E-state index contributed by atoms with van der Waals surface area (Å²) in [5, 5.41) is 6.23. The largest absolute Gasteiger partial charge is 0.364 e. The number of benzene rings is 2. The van der Waals surface area contributed by atoms with E-state index in [1.165, 1.54) is 5.39 Å². The van der Waals surface area contributed by atoms with Gasteiger partial charge in [-0.05, 0) is 16.8 Å². The second kappa shape index (κ2) is 2.73. The number of rotatable bonds is 0. The van der Waals surface area contributed by atoms with Gasteiger partial charge in [-0.15, -0.1) is 5.59 Å². The molecule has 0 saturated carbocycles. The molecule has 0 fully saturated rings. The van der Waals surface area contributed by atoms with Crippen LogP contribution >= 0.6 is 0 Å². The number of fused-ring (bicyclic) bond motifs is 3. The average molecular weight is 184 g/mol. The second-order valence-corrected chi connectivity index (χ2v) is 3.15. The van der Waals surface area contributed by atoms with Crippen molar-refractivity contribution in [3.63, 3.8) is 0 Å². The summed E-state index contributed by atoms with van der Waals surface area (Å²) in [7, 11) is 0. The SMILES string of the molecule is C1=NNOc2ccc3ccccc3c21. The van der Waals surface area contributed by atoms with Gasteiger partial charge in [-0.3, -0.25) is 0 Å². The minimum Gasteiger partial charge on any atom is -0.364 e. The van der Waals surface area contributed by atoms with Crippen molar-refractivity contribution in [3.05, 3.63) is 42.0 Å². The standard InChI is InChI=1S/C11H8N2O/c1-2-4-9-8(3-1)5-6-11-10(9)7-12-13-14-11/h1-7,13H. The molecule has 2 aromatic carbocycles. The summed E-state index contributed by atoms with van der Waals surface area (Å²) in [5.41, 5.74) is 3.50. The van der Waals surface area contributed by atoms with Crippen LogP contribution in [0.2, 0.25) is 0 Å². The van der Waals surface area contributed by atoms with Crippen LogP contribution in [0.5, 0.6) is 5.75 Å². The van der Waals surface area contributed by atoms with Crippen LogP contribution in [0.25, 0.3) is 10.8 Å². The Kier molecular flexibility index (Phi) is 1.44. The van der Waals surface area contributed by atoms with E-state index in [1.54, 1.807) is 6.21 Å². The first-order chi connectivity index (χ1) is 6.95. The lowest BCUT2D eigenvalue weighted by Crippen LogP contribution is -2.16. The lowest BCUT2D eigenvalue weighted by atomic mass is 10.0. The molecular weight excluding hydrogens is 176 g/mol. The van der Waals surface area contributed by atoms with Crippen LogP contribution < -0.4 is 10.4 Å². The van der Waals surface area contributed by atoms with Crippen LogP contribution in [0.15, 0.2) is 41.5 Å². The molecular formula is C11H8N2O. The second-order valence-electron chi connectivity index (χ2n) is 3.15. The summed E-state index contributed by atoms with van der Waals surface area (Å²) < 4.78 is 0. The summed E-state index contributed by atoms with van der Waals surface area (Å²) in [6, 6.07) is 12.2. The van der Waals surface area contributed by atoms with Crippen LogP contribution in [0, 0.1) is 0 Å². The van der Waals surface area contributed by atoms with Crippen molar-refractivity contribution in [2.24, 2.45) is 5.10 Å². The monoisotopic (exact) mass is 184 g/mol. The van der Waals surface area contributed by atoms with Gasteiger partial charge >= 0.3 is 0 Å². The van der Waals surface area contributed by atoms with Crippen LogP contribution in [-0.2, 0) is 0 Å². The zero-order valence-corrected chi connectivity index (χ0v) is 7.40. The Morgan fingerprint density at radius 2 is 2.00 bits per heavy atom. The lowest BCUT2D eigenvalue weighted by Gasteiger charge is -2.13. The van der Waals surface area contributed by atoms with E-state index in [2.05, 4.69) is 22.8 Å². The quantitative estimate of drug-likeness (QED) is 0.680. The molecule has 68 valence electrons. The summed E-state index contributed by atoms with van der Waals surface area (Å²) >= 11 is 0. The molecule has 1 heterocycles. The minimum absolute atomic E-state index is 0.818. The van der Waals surface area contributed by atoms with Crippen LogP contribution in [0.3, 0.4) is 0 Å². The Balaban J connectivity index is 2.42. The Morgan fingerprint density at radius 1 is 1.07 bits per heavy atom. The molecule has 3 nitrogen and oxygen atoms in total. The van der Waals surface area contributed by atoms with Gasteiger partial charge in [0.1, 0.15) is 0 Å². The minimum atomic E-state index is 0.818. The van der Waals surface area contributed by atoms with Crippen LogP contribution in [0.4, 0.5) is 0 Å². The highest BCUT2D eigenvalue weighted by Crippen LogP contribution is 2.27. The molecule has 2 aromatic rings. The zero-order chi connectivity index (χ0) is 9.38. The number of nitrogens with one attached hydrogen (secondary N) is 1. The molecule has 0 aromatic heterocycles. The maximum Gasteiger partial charge on any atom is 0.166 e. The molecule has 1 aliphatic rings. The first-order valence-corrected chi connectivity index (χ1v) is 4.42. The molecule has 14 heavy (non-hydrogen) atoms. The molecule has 1 N–H and O–H groups in total. The van der Waals surface area contributed by atoms with Crippen molar-refractivity contribution in [1.29, 1.82) is 0 Å². The van der Waals surface area contributed by atoms with Crippen molar-refractivity contribution in [1.82, 2.24) is 5.59 Å². The van der Waals surface area contributed by atoms with Gasteiger partial charge in [0.2, 0.25) is 0 Å². The van der Waals surface area contributed by atoms with E-state index in [-0.39, 0.29) is 0 Å². The van der Waals surface area contributed by atoms with Crippen molar-refractivity contribution in [2.75, 3.05) is 0 Å². The molecule has 3 heteroatoms. The van der Waals surface area contributed by atoms with Gasteiger partial charge in [0.15, 0.2) is 5.75 Å². The fourth-order valence-corrected chi connectivity index (χ4v) is 1.66. The molecule has 0 aliphatic carbocycles. The summed E-state index contributed by atoms with van der Waals surface area (Å²) in [5.74, 6) is 0.818. The third kappa shape index (κ3) is 0.956. The average Bonchev–Trinajstić information content (AvgIpc) is 2.29. The van der Waals surface area contributed by atoms with E-state index < -0.39 is 0 Å². The van der Waals surface area contributed by atoms with Gasteiger partial charge < -0.3 is 4.84 Å². The Morgan fingerprint density at radius 3 is 3.00 bits per heavy atom. The molecule has 3 rings (SSSR count). The maximum absolute atomic E-state index is 5.18. The van der Waals surface area contributed by atoms with E-state index in [0.29, 0.717) is 0 Å². The van der Waals surface area contributed by atoms with E-state index in [1.807, 2.05) is 24.3 Å². The van der Waals surface area contributed by atoms with Crippen LogP contribution in [0.1, 0.15) is 5.56 Å². The normalized spacial score (nSPS) is 13.1. The van der Waals surface area contributed by atoms with E-state index in [0.717, 1.165) is 16.7 Å². The van der Waals surface area contributed by atoms with Gasteiger partial charge in [-0.2, -0.15) is 5.10 Å². The molecule has 0 bridgehead atoms. The first-order valence-electron chi connectivity index (χ1n) is 4.42. The third-order valence-corrected chi connectivity index (χ3v) is 2.33. The van der Waals surface area contributed by atoms with Gasteiger partial charge in [-0.1, -0.05) is 30.3 Å². The zero-order valence-electron chi connectivity index (χ0n) is 7.40. The summed E-state index contributed by atoms with van der Waals surface area (Å²) in [6.45, 7) is 0. The van der Waals surface area contributed by atoms with Gasteiger partial charge in [0.25, 0.3) is 0 Å². The van der Waals surface area contributed by atoms with Crippen molar-refractivity contribution < 1.29 is 4.84 Å². The highest BCUT2D eigenvalue weighted by atomic mass is 16.7. The number of hydrazone groups is 1. The Labute approximate surface area is 81.0 Å². The number of hydrogen-bond donors (Lipinski definition) is 1. The predicted molar refractivity (Wildman–Crippen MR) is 55.3 cm³/mol. The summed E-state index contributed by atoms with van der Waals surface area (Å²) in [6.07, 6.45) is 1.78. The molecule has 0 radical (unpaired) electrons. The fraction of sp³-hybridized carbons (Fsp3) is 0. The van der Waals surface area contributed by atoms with E-state index in [9.17, 15) is 0 Å². The maximum atomic E-state index is 5.18. The van der Waals surface area contributed by atoms with Gasteiger partial charge in [0, 0.05) is 5.56 Å². The molecule has 0 atom stereocenters. The molecule has 0 saturated heterocycles. The Bertz CT molecular complexity index is 520. The number of nitrogens with zero attached hydrogens (tertiary/aromatic N) is 1. The highest BCUT2D eigenvalue weighted by molar-refractivity contribution is 6.02. The van der Waals surface area contributed by atoms with Crippen LogP contribution in [-0.4, -0.2) is 6.21 Å². The third-order valence-electron chi connectivity index (χ3n) is 2.33. The van der Waals surface area contributed by atoms with Gasteiger partial charge in [0.05, 0.1) is 6.21 Å². The lowest BCUT2D eigenvalue weighted by molar-refractivity contribution is 0.197. The fourth-order valence-electron chi connectivity index (χ4n) is 1.66. The molecule has 0 amide bonds. The molecule has 0 spiro atoms. The summed E-state index contributed by atoms with van der Waals surface area (Å²) in [4.78, 5) is 5.18. The molecule has 1 aliphatic heterocycles. The van der Waals surface area contributed by atoms with Gasteiger partial charge in [-0.25, -0.2) is 0 Å². The number of hydrogen-bond acceptors (Lipinski definition) is 3. The highest BCUT2D eigenvalue weighted by Gasteiger charge is 2.09. The Hall–Kier alpha value is -2.03. The van der Waals surface area contributed by atoms with E-state index in [4.69, 9.17) is 4.84 Å². The van der Waals surface area contributed by atoms with E-state index >= 15 is 0 Å². The van der Waals surface area contributed by atoms with Crippen molar-refractivity contribution in [2.45, 2.75) is 0 Å². The first kappa shape index (κ1) is 7.38. The van der Waals surface area contributed by atoms with Crippen molar-refractivity contribution in [3.8, 4) is 5.75 Å². The topological polar surface area (TPSA) is 33.6 Å². The van der Waals surface area contributed by atoms with Crippen molar-refractivity contribution >= 4 is 17.0 Å². The molecule has 0 unspecified atom stereocenters. The smallest absolute Gasteiger partial charge is 0.166 e.